The van der Waals surface area contributed by atoms with Gasteiger partial charge in [-0.05, 0) is 30.5 Å². The molecule has 28 heavy (non-hydrogen) atoms. The first-order valence-corrected chi connectivity index (χ1v) is 9.41. The summed E-state index contributed by atoms with van der Waals surface area (Å²) in [7, 11) is 0. The van der Waals surface area contributed by atoms with Crippen molar-refractivity contribution in [2.24, 2.45) is 0 Å². The highest BCUT2D eigenvalue weighted by atomic mass is 16.5. The Morgan fingerprint density at radius 1 is 1.11 bits per heavy atom. The molecule has 142 valence electrons. The van der Waals surface area contributed by atoms with Gasteiger partial charge in [-0.2, -0.15) is 4.98 Å². The van der Waals surface area contributed by atoms with Crippen molar-refractivity contribution < 1.29 is 9.32 Å². The molecule has 0 unspecified atom stereocenters. The predicted molar refractivity (Wildman–Crippen MR) is 108 cm³/mol. The van der Waals surface area contributed by atoms with Gasteiger partial charge in [-0.15, -0.1) is 0 Å². The lowest BCUT2D eigenvalue weighted by Gasteiger charge is -2.03. The van der Waals surface area contributed by atoms with E-state index >= 15 is 0 Å². The SMILES string of the molecule is Cc1ccccc1-c1noc(CCC(=O)NCCc2c[nH]c3ccccc23)n1. The third-order valence-electron chi connectivity index (χ3n) is 4.81. The van der Waals surface area contributed by atoms with Crippen molar-refractivity contribution in [3.63, 3.8) is 0 Å². The summed E-state index contributed by atoms with van der Waals surface area (Å²) in [6, 6.07) is 16.0. The molecule has 0 saturated heterocycles. The van der Waals surface area contributed by atoms with Crippen LogP contribution in [0.3, 0.4) is 0 Å². The number of para-hydroxylation sites is 1. The van der Waals surface area contributed by atoms with Gasteiger partial charge in [0.25, 0.3) is 0 Å². The smallest absolute Gasteiger partial charge is 0.227 e. The zero-order valence-corrected chi connectivity index (χ0v) is 15.7. The number of aryl methyl sites for hydroxylation is 2. The Hall–Kier alpha value is -3.41. The van der Waals surface area contributed by atoms with E-state index in [0.717, 1.165) is 23.1 Å². The molecule has 1 amide bonds. The number of carbonyl (C=O) groups is 1. The average Bonchev–Trinajstić information content (AvgIpc) is 3.34. The molecule has 0 fully saturated rings. The number of H-pyrrole nitrogens is 1. The van der Waals surface area contributed by atoms with Gasteiger partial charge in [0, 0.05) is 42.0 Å². The van der Waals surface area contributed by atoms with Gasteiger partial charge < -0.3 is 14.8 Å². The number of nitrogens with one attached hydrogen (secondary N) is 2. The van der Waals surface area contributed by atoms with Gasteiger partial charge in [0.2, 0.25) is 17.6 Å². The fourth-order valence-corrected chi connectivity index (χ4v) is 3.27. The van der Waals surface area contributed by atoms with Crippen LogP contribution in [0.1, 0.15) is 23.4 Å². The number of aromatic nitrogens is 3. The van der Waals surface area contributed by atoms with Crippen LogP contribution in [0, 0.1) is 6.92 Å². The maximum Gasteiger partial charge on any atom is 0.227 e. The predicted octanol–water partition coefficient (Wildman–Crippen LogP) is 3.82. The Morgan fingerprint density at radius 2 is 1.93 bits per heavy atom. The van der Waals surface area contributed by atoms with Gasteiger partial charge in [-0.25, -0.2) is 0 Å². The molecule has 0 atom stereocenters. The zero-order valence-electron chi connectivity index (χ0n) is 15.7. The van der Waals surface area contributed by atoms with Crippen molar-refractivity contribution in [3.8, 4) is 11.4 Å². The van der Waals surface area contributed by atoms with Crippen molar-refractivity contribution >= 4 is 16.8 Å². The molecule has 2 aromatic heterocycles. The standard InChI is InChI=1S/C22H22N4O2/c1-15-6-2-3-7-17(15)22-25-21(28-26-22)11-10-20(27)23-13-12-16-14-24-19-9-5-4-8-18(16)19/h2-9,14,24H,10-13H2,1H3,(H,23,27). The quantitative estimate of drug-likeness (QED) is 0.515. The molecule has 0 radical (unpaired) electrons. The minimum Gasteiger partial charge on any atom is -0.361 e. The minimum absolute atomic E-state index is 0.0181. The first kappa shape index (κ1) is 18.0. The molecule has 2 heterocycles. The largest absolute Gasteiger partial charge is 0.361 e. The molecule has 0 spiro atoms. The molecule has 4 aromatic rings. The summed E-state index contributed by atoms with van der Waals surface area (Å²) in [4.78, 5) is 19.8. The van der Waals surface area contributed by atoms with Crippen LogP contribution in [0.15, 0.2) is 59.3 Å². The van der Waals surface area contributed by atoms with Crippen LogP contribution >= 0.6 is 0 Å². The number of hydrogen-bond acceptors (Lipinski definition) is 4. The molecular weight excluding hydrogens is 352 g/mol. The molecular formula is C22H22N4O2. The summed E-state index contributed by atoms with van der Waals surface area (Å²) >= 11 is 0. The molecule has 2 N–H and O–H groups in total. The molecule has 0 aliphatic carbocycles. The number of rotatable bonds is 7. The lowest BCUT2D eigenvalue weighted by atomic mass is 10.1. The van der Waals surface area contributed by atoms with Crippen LogP contribution < -0.4 is 5.32 Å². The van der Waals surface area contributed by atoms with E-state index in [1.165, 1.54) is 10.9 Å². The number of amides is 1. The van der Waals surface area contributed by atoms with Crippen molar-refractivity contribution in [1.29, 1.82) is 0 Å². The summed E-state index contributed by atoms with van der Waals surface area (Å²) < 4.78 is 5.29. The van der Waals surface area contributed by atoms with E-state index in [0.29, 0.717) is 31.1 Å². The van der Waals surface area contributed by atoms with E-state index in [9.17, 15) is 4.79 Å². The highest BCUT2D eigenvalue weighted by molar-refractivity contribution is 5.83. The Labute approximate surface area is 163 Å². The third kappa shape index (κ3) is 3.96. The second-order valence-electron chi connectivity index (χ2n) is 6.79. The van der Waals surface area contributed by atoms with Crippen LogP contribution in [0.5, 0.6) is 0 Å². The van der Waals surface area contributed by atoms with E-state index in [1.807, 2.05) is 55.6 Å². The first-order chi connectivity index (χ1) is 13.7. The van der Waals surface area contributed by atoms with Crippen molar-refractivity contribution in [2.45, 2.75) is 26.2 Å². The van der Waals surface area contributed by atoms with Gasteiger partial charge in [-0.1, -0.05) is 47.6 Å². The Morgan fingerprint density at radius 3 is 2.82 bits per heavy atom. The topological polar surface area (TPSA) is 83.8 Å². The second kappa shape index (κ2) is 8.08. The summed E-state index contributed by atoms with van der Waals surface area (Å²) in [5.74, 6) is 1.02. The first-order valence-electron chi connectivity index (χ1n) is 9.41. The second-order valence-corrected chi connectivity index (χ2v) is 6.79. The minimum atomic E-state index is -0.0181. The van der Waals surface area contributed by atoms with Crippen molar-refractivity contribution in [1.82, 2.24) is 20.4 Å². The normalized spacial score (nSPS) is 11.0. The molecule has 6 heteroatoms. The van der Waals surface area contributed by atoms with Crippen molar-refractivity contribution in [3.05, 3.63) is 71.7 Å². The maximum atomic E-state index is 12.1. The summed E-state index contributed by atoms with van der Waals surface area (Å²) in [6.45, 7) is 2.60. The van der Waals surface area contributed by atoms with E-state index in [1.54, 1.807) is 0 Å². The summed E-state index contributed by atoms with van der Waals surface area (Å²) in [5, 5.41) is 8.19. The lowest BCUT2D eigenvalue weighted by Crippen LogP contribution is -2.25. The zero-order chi connectivity index (χ0) is 19.3. The Kier molecular flexibility index (Phi) is 5.19. The number of nitrogens with zero attached hydrogens (tertiary/aromatic N) is 2. The number of carbonyl (C=O) groups excluding carboxylic acids is 1. The Bertz CT molecular complexity index is 1100. The summed E-state index contributed by atoms with van der Waals surface area (Å²) in [5.41, 5.74) is 4.35. The molecule has 6 nitrogen and oxygen atoms in total. The van der Waals surface area contributed by atoms with Crippen LogP contribution in [-0.4, -0.2) is 27.6 Å². The van der Waals surface area contributed by atoms with Gasteiger partial charge >= 0.3 is 0 Å². The van der Waals surface area contributed by atoms with E-state index in [4.69, 9.17) is 4.52 Å². The molecule has 4 rings (SSSR count). The van der Waals surface area contributed by atoms with Gasteiger partial charge in [0.05, 0.1) is 0 Å². The highest BCUT2D eigenvalue weighted by Crippen LogP contribution is 2.20. The van der Waals surface area contributed by atoms with Crippen LogP contribution in [-0.2, 0) is 17.6 Å². The fourth-order valence-electron chi connectivity index (χ4n) is 3.27. The van der Waals surface area contributed by atoms with Crippen LogP contribution in [0.4, 0.5) is 0 Å². The van der Waals surface area contributed by atoms with Crippen LogP contribution in [0.2, 0.25) is 0 Å². The van der Waals surface area contributed by atoms with Gasteiger partial charge in [0.15, 0.2) is 0 Å². The van der Waals surface area contributed by atoms with Crippen molar-refractivity contribution in [2.75, 3.05) is 6.54 Å². The summed E-state index contributed by atoms with van der Waals surface area (Å²) in [6.07, 6.45) is 3.54. The van der Waals surface area contributed by atoms with E-state index in [2.05, 4.69) is 26.5 Å². The van der Waals surface area contributed by atoms with E-state index < -0.39 is 0 Å². The van der Waals surface area contributed by atoms with Gasteiger partial charge in [-0.3, -0.25) is 4.79 Å². The third-order valence-corrected chi connectivity index (χ3v) is 4.81. The fraction of sp³-hybridized carbons (Fsp3) is 0.227. The molecule has 0 aliphatic rings. The molecule has 0 aliphatic heterocycles. The van der Waals surface area contributed by atoms with Gasteiger partial charge in [0.1, 0.15) is 0 Å². The van der Waals surface area contributed by atoms with Crippen LogP contribution in [0.25, 0.3) is 22.3 Å². The molecule has 2 aromatic carbocycles. The highest BCUT2D eigenvalue weighted by Gasteiger charge is 2.12. The number of fused-ring (bicyclic) bond motifs is 1. The maximum absolute atomic E-state index is 12.1. The Balaban J connectivity index is 1.26. The molecule has 0 bridgehead atoms. The lowest BCUT2D eigenvalue weighted by molar-refractivity contribution is -0.121. The molecule has 0 saturated carbocycles. The number of benzene rings is 2. The monoisotopic (exact) mass is 374 g/mol. The average molecular weight is 374 g/mol. The van der Waals surface area contributed by atoms with E-state index in [-0.39, 0.29) is 5.91 Å². The number of hydrogen-bond donors (Lipinski definition) is 2. The number of aromatic amines is 1.